The molecule has 0 atom stereocenters. The molecule has 0 amide bonds. The van der Waals surface area contributed by atoms with Crippen molar-refractivity contribution in [1.29, 1.82) is 0 Å². The van der Waals surface area contributed by atoms with Crippen LogP contribution in [0.3, 0.4) is 0 Å². The summed E-state index contributed by atoms with van der Waals surface area (Å²) < 4.78 is 0. The van der Waals surface area contributed by atoms with Crippen molar-refractivity contribution in [2.45, 2.75) is 13.1 Å². The van der Waals surface area contributed by atoms with Gasteiger partial charge in [-0.15, -0.1) is 0 Å². The van der Waals surface area contributed by atoms with Crippen LogP contribution in [0.2, 0.25) is 0 Å². The summed E-state index contributed by atoms with van der Waals surface area (Å²) in [5, 5.41) is 4.48. The van der Waals surface area contributed by atoms with E-state index in [1.807, 2.05) is 0 Å². The number of rotatable bonds is 0. The average Bonchev–Trinajstić information content (AvgIpc) is 2.07. The summed E-state index contributed by atoms with van der Waals surface area (Å²) >= 11 is 0. The van der Waals surface area contributed by atoms with Gasteiger partial charge in [-0.2, -0.15) is 0 Å². The topological polar surface area (TPSA) is 6.48 Å². The molecule has 1 aliphatic rings. The van der Waals surface area contributed by atoms with Crippen LogP contribution < -0.4 is 0 Å². The van der Waals surface area contributed by atoms with Gasteiger partial charge in [0.25, 0.3) is 0 Å². The number of fused-ring (bicyclic) bond motifs is 1. The van der Waals surface area contributed by atoms with Crippen molar-refractivity contribution in [3.63, 3.8) is 0 Å². The van der Waals surface area contributed by atoms with Gasteiger partial charge in [-0.1, -0.05) is 24.3 Å². The predicted molar refractivity (Wildman–Crippen MR) is 49.4 cm³/mol. The van der Waals surface area contributed by atoms with Gasteiger partial charge >= 0.3 is 0 Å². The van der Waals surface area contributed by atoms with Gasteiger partial charge in [0.15, 0.2) is 0 Å². The van der Waals surface area contributed by atoms with E-state index in [9.17, 15) is 0 Å². The molecule has 2 rings (SSSR count). The highest BCUT2D eigenvalue weighted by atomic mass is 15.6. The standard InChI is InChI=1S/C10H14N2/c1-11-7-9-5-3-4-6-10(9)8-12(11)2/h3-6H,7-8H2,1-2H3. The van der Waals surface area contributed by atoms with E-state index >= 15 is 0 Å². The van der Waals surface area contributed by atoms with Gasteiger partial charge in [-0.25, -0.2) is 10.0 Å². The second kappa shape index (κ2) is 2.88. The first-order valence-corrected chi connectivity index (χ1v) is 4.26. The molecule has 0 aromatic heterocycles. The van der Waals surface area contributed by atoms with Gasteiger partial charge in [-0.05, 0) is 11.1 Å². The first-order chi connectivity index (χ1) is 5.77. The molecular formula is C10H14N2. The molecule has 1 aliphatic heterocycles. The van der Waals surface area contributed by atoms with E-state index < -0.39 is 0 Å². The fourth-order valence-corrected chi connectivity index (χ4v) is 1.60. The van der Waals surface area contributed by atoms with E-state index in [0.29, 0.717) is 0 Å². The molecule has 0 N–H and O–H groups in total. The maximum Gasteiger partial charge on any atom is 0.0384 e. The number of hydrogen-bond acceptors (Lipinski definition) is 2. The van der Waals surface area contributed by atoms with Crippen LogP contribution in [0, 0.1) is 0 Å². The Bertz CT molecular complexity index is 254. The summed E-state index contributed by atoms with van der Waals surface area (Å²) in [5.41, 5.74) is 2.91. The summed E-state index contributed by atoms with van der Waals surface area (Å²) in [4.78, 5) is 0. The third kappa shape index (κ3) is 1.24. The molecule has 0 saturated carbocycles. The molecule has 64 valence electrons. The molecule has 0 bridgehead atoms. The molecule has 1 aromatic rings. The Kier molecular flexibility index (Phi) is 1.87. The predicted octanol–water partition coefficient (Wildman–Crippen LogP) is 1.48. The molecule has 2 heteroatoms. The van der Waals surface area contributed by atoms with Crippen LogP contribution in [-0.2, 0) is 13.1 Å². The van der Waals surface area contributed by atoms with Gasteiger partial charge in [-0.3, -0.25) is 0 Å². The van der Waals surface area contributed by atoms with Gasteiger partial charge in [0.2, 0.25) is 0 Å². The van der Waals surface area contributed by atoms with Crippen molar-refractivity contribution < 1.29 is 0 Å². The first kappa shape index (κ1) is 7.77. The monoisotopic (exact) mass is 162 g/mol. The number of hydrogen-bond donors (Lipinski definition) is 0. The molecule has 1 heterocycles. The highest BCUT2D eigenvalue weighted by molar-refractivity contribution is 5.27. The minimum Gasteiger partial charge on any atom is -0.240 e. The van der Waals surface area contributed by atoms with Crippen LogP contribution in [-0.4, -0.2) is 24.1 Å². The second-order valence-corrected chi connectivity index (χ2v) is 3.40. The molecule has 0 fully saturated rings. The highest BCUT2D eigenvalue weighted by Crippen LogP contribution is 2.18. The summed E-state index contributed by atoms with van der Waals surface area (Å²) in [5.74, 6) is 0. The molecule has 2 nitrogen and oxygen atoms in total. The minimum atomic E-state index is 1.03. The zero-order valence-electron chi connectivity index (χ0n) is 7.62. The van der Waals surface area contributed by atoms with E-state index in [0.717, 1.165) is 13.1 Å². The molecule has 0 unspecified atom stereocenters. The van der Waals surface area contributed by atoms with Crippen molar-refractivity contribution in [2.75, 3.05) is 14.1 Å². The Morgan fingerprint density at radius 3 is 1.75 bits per heavy atom. The molecule has 12 heavy (non-hydrogen) atoms. The number of nitrogens with zero attached hydrogens (tertiary/aromatic N) is 2. The lowest BCUT2D eigenvalue weighted by Gasteiger charge is -2.34. The SMILES string of the molecule is CN1Cc2ccccc2CN1C. The second-order valence-electron chi connectivity index (χ2n) is 3.40. The van der Waals surface area contributed by atoms with Crippen molar-refractivity contribution in [1.82, 2.24) is 10.0 Å². The van der Waals surface area contributed by atoms with Gasteiger partial charge in [0, 0.05) is 27.2 Å². The lowest BCUT2D eigenvalue weighted by molar-refractivity contribution is -0.00179. The van der Waals surface area contributed by atoms with Gasteiger partial charge in [0.05, 0.1) is 0 Å². The number of hydrazine groups is 1. The van der Waals surface area contributed by atoms with E-state index in [4.69, 9.17) is 0 Å². The van der Waals surface area contributed by atoms with Gasteiger partial charge in [0.1, 0.15) is 0 Å². The van der Waals surface area contributed by atoms with Crippen LogP contribution in [0.5, 0.6) is 0 Å². The lowest BCUT2D eigenvalue weighted by Crippen LogP contribution is -2.39. The van der Waals surface area contributed by atoms with Crippen LogP contribution in [0.1, 0.15) is 11.1 Å². The summed E-state index contributed by atoms with van der Waals surface area (Å²) in [6, 6.07) is 8.63. The molecule has 0 spiro atoms. The average molecular weight is 162 g/mol. The Hall–Kier alpha value is -0.860. The Morgan fingerprint density at radius 2 is 1.33 bits per heavy atom. The maximum atomic E-state index is 2.24. The van der Waals surface area contributed by atoms with E-state index in [2.05, 4.69) is 48.4 Å². The zero-order valence-corrected chi connectivity index (χ0v) is 7.62. The third-order valence-corrected chi connectivity index (χ3v) is 2.50. The molecule has 1 aromatic carbocycles. The fraction of sp³-hybridized carbons (Fsp3) is 0.400. The zero-order chi connectivity index (χ0) is 8.55. The first-order valence-electron chi connectivity index (χ1n) is 4.26. The van der Waals surface area contributed by atoms with Gasteiger partial charge < -0.3 is 0 Å². The summed E-state index contributed by atoms with van der Waals surface area (Å²) in [6.07, 6.45) is 0. The molecular weight excluding hydrogens is 148 g/mol. The molecule has 0 radical (unpaired) electrons. The van der Waals surface area contributed by atoms with Crippen molar-refractivity contribution in [2.24, 2.45) is 0 Å². The van der Waals surface area contributed by atoms with E-state index in [-0.39, 0.29) is 0 Å². The van der Waals surface area contributed by atoms with Crippen LogP contribution in [0.15, 0.2) is 24.3 Å². The smallest absolute Gasteiger partial charge is 0.0384 e. The third-order valence-electron chi connectivity index (χ3n) is 2.50. The number of benzene rings is 1. The van der Waals surface area contributed by atoms with E-state index in [1.165, 1.54) is 11.1 Å². The highest BCUT2D eigenvalue weighted by Gasteiger charge is 2.16. The van der Waals surface area contributed by atoms with Crippen molar-refractivity contribution in [3.05, 3.63) is 35.4 Å². The van der Waals surface area contributed by atoms with Crippen molar-refractivity contribution >= 4 is 0 Å². The normalized spacial score (nSPS) is 19.2. The Labute approximate surface area is 73.4 Å². The van der Waals surface area contributed by atoms with Crippen LogP contribution in [0.4, 0.5) is 0 Å². The summed E-state index contributed by atoms with van der Waals surface area (Å²) in [7, 11) is 4.24. The van der Waals surface area contributed by atoms with E-state index in [1.54, 1.807) is 0 Å². The maximum absolute atomic E-state index is 2.24. The minimum absolute atomic E-state index is 1.03. The quantitative estimate of drug-likeness (QED) is 0.570. The fourth-order valence-electron chi connectivity index (χ4n) is 1.60. The van der Waals surface area contributed by atoms with Crippen molar-refractivity contribution in [3.8, 4) is 0 Å². The Balaban J connectivity index is 2.34. The molecule has 0 aliphatic carbocycles. The lowest BCUT2D eigenvalue weighted by atomic mass is 10.1. The van der Waals surface area contributed by atoms with Crippen LogP contribution >= 0.6 is 0 Å². The van der Waals surface area contributed by atoms with Crippen LogP contribution in [0.25, 0.3) is 0 Å². The largest absolute Gasteiger partial charge is 0.240 e. The Morgan fingerprint density at radius 1 is 0.917 bits per heavy atom. The molecule has 0 saturated heterocycles. The summed E-state index contributed by atoms with van der Waals surface area (Å²) in [6.45, 7) is 2.07.